The Labute approximate surface area is 137 Å². The Hall–Kier alpha value is -1.95. The van der Waals surface area contributed by atoms with Gasteiger partial charge in [0.15, 0.2) is 0 Å². The Morgan fingerprint density at radius 1 is 1.22 bits per heavy atom. The highest BCUT2D eigenvalue weighted by molar-refractivity contribution is 6.29. The van der Waals surface area contributed by atoms with E-state index in [1.165, 1.54) is 12.1 Å². The number of halogens is 3. The summed E-state index contributed by atoms with van der Waals surface area (Å²) in [6, 6.07) is 8.12. The third kappa shape index (κ3) is 4.28. The molecule has 1 aliphatic carbocycles. The Balaban J connectivity index is 1.70. The maximum atomic E-state index is 12.2. The van der Waals surface area contributed by atoms with Crippen molar-refractivity contribution in [2.45, 2.75) is 38.3 Å². The van der Waals surface area contributed by atoms with E-state index in [0.717, 1.165) is 24.2 Å². The van der Waals surface area contributed by atoms with Crippen LogP contribution in [-0.2, 0) is 0 Å². The van der Waals surface area contributed by atoms with E-state index in [4.69, 9.17) is 11.6 Å². The van der Waals surface area contributed by atoms with Gasteiger partial charge in [-0.3, -0.25) is 0 Å². The van der Waals surface area contributed by atoms with Gasteiger partial charge in [0.05, 0.1) is 0 Å². The molecule has 0 bridgehead atoms. The number of hydrogen-bond donors (Lipinski definition) is 1. The van der Waals surface area contributed by atoms with Crippen LogP contribution in [0.5, 0.6) is 5.75 Å². The summed E-state index contributed by atoms with van der Waals surface area (Å²) in [7, 11) is 0. The first-order chi connectivity index (χ1) is 11.0. The van der Waals surface area contributed by atoms with Gasteiger partial charge >= 0.3 is 6.61 Å². The van der Waals surface area contributed by atoms with Gasteiger partial charge in [-0.25, -0.2) is 9.97 Å². The van der Waals surface area contributed by atoms with Crippen LogP contribution in [-0.4, -0.2) is 16.6 Å². The van der Waals surface area contributed by atoms with Crippen molar-refractivity contribution >= 4 is 17.4 Å². The van der Waals surface area contributed by atoms with Gasteiger partial charge in [0.2, 0.25) is 0 Å². The number of benzene rings is 1. The molecule has 7 heteroatoms. The monoisotopic (exact) mass is 339 g/mol. The fourth-order valence-corrected chi connectivity index (χ4v) is 2.47. The Bertz CT molecular complexity index is 678. The second-order valence-corrected chi connectivity index (χ2v) is 5.91. The molecule has 1 fully saturated rings. The maximum Gasteiger partial charge on any atom is 0.387 e. The average Bonchev–Trinajstić information content (AvgIpc) is 3.31. The van der Waals surface area contributed by atoms with Crippen LogP contribution in [0.4, 0.5) is 14.6 Å². The Morgan fingerprint density at radius 3 is 2.52 bits per heavy atom. The van der Waals surface area contributed by atoms with Crippen molar-refractivity contribution in [2.24, 2.45) is 0 Å². The lowest BCUT2D eigenvalue weighted by atomic mass is 10.1. The second-order valence-electron chi connectivity index (χ2n) is 5.52. The molecule has 0 radical (unpaired) electrons. The molecule has 0 saturated heterocycles. The summed E-state index contributed by atoms with van der Waals surface area (Å²) in [6.45, 7) is -0.865. The number of ether oxygens (including phenoxy) is 1. The molecular weight excluding hydrogens is 324 g/mol. The number of aromatic nitrogens is 2. The summed E-state index contributed by atoms with van der Waals surface area (Å²) < 4.78 is 28.6. The number of nitrogens with one attached hydrogen (secondary N) is 1. The van der Waals surface area contributed by atoms with Crippen molar-refractivity contribution in [1.82, 2.24) is 9.97 Å². The van der Waals surface area contributed by atoms with E-state index in [1.54, 1.807) is 18.2 Å². The molecule has 1 N–H and O–H groups in total. The molecule has 23 heavy (non-hydrogen) atoms. The summed E-state index contributed by atoms with van der Waals surface area (Å²) in [6.07, 6.45) is 2.20. The van der Waals surface area contributed by atoms with Crippen molar-refractivity contribution in [3.05, 3.63) is 46.9 Å². The molecule has 2 aromatic rings. The van der Waals surface area contributed by atoms with E-state index < -0.39 is 6.61 Å². The van der Waals surface area contributed by atoms with Crippen molar-refractivity contribution < 1.29 is 13.5 Å². The Kier molecular flexibility index (Phi) is 4.61. The minimum absolute atomic E-state index is 0.0615. The molecule has 3 rings (SSSR count). The van der Waals surface area contributed by atoms with Crippen molar-refractivity contribution in [3.8, 4) is 5.75 Å². The molecule has 1 saturated carbocycles. The highest BCUT2D eigenvalue weighted by Gasteiger charge is 2.27. The molecule has 1 atom stereocenters. The van der Waals surface area contributed by atoms with E-state index in [9.17, 15) is 8.78 Å². The largest absolute Gasteiger partial charge is 0.435 e. The van der Waals surface area contributed by atoms with Gasteiger partial charge < -0.3 is 10.1 Å². The minimum Gasteiger partial charge on any atom is -0.435 e. The van der Waals surface area contributed by atoms with Crippen LogP contribution in [0.15, 0.2) is 30.3 Å². The molecule has 4 nitrogen and oxygen atoms in total. The molecule has 122 valence electrons. The van der Waals surface area contributed by atoms with E-state index in [0.29, 0.717) is 16.9 Å². The van der Waals surface area contributed by atoms with Gasteiger partial charge in [-0.15, -0.1) is 0 Å². The lowest BCUT2D eigenvalue weighted by molar-refractivity contribution is -0.0498. The van der Waals surface area contributed by atoms with Gasteiger partial charge in [-0.05, 0) is 37.5 Å². The molecule has 1 aromatic heterocycles. The molecule has 1 aliphatic rings. The Morgan fingerprint density at radius 2 is 1.91 bits per heavy atom. The summed E-state index contributed by atoms with van der Waals surface area (Å²) in [5.74, 6) is 1.98. The number of nitrogens with zero attached hydrogens (tertiary/aromatic N) is 2. The van der Waals surface area contributed by atoms with Gasteiger partial charge in [0.1, 0.15) is 22.5 Å². The first kappa shape index (κ1) is 15.9. The number of alkyl halides is 2. The summed E-state index contributed by atoms with van der Waals surface area (Å²) in [5, 5.41) is 3.67. The lowest BCUT2D eigenvalue weighted by Crippen LogP contribution is -2.09. The zero-order chi connectivity index (χ0) is 16.4. The fraction of sp³-hybridized carbons (Fsp3) is 0.375. The van der Waals surface area contributed by atoms with Crippen LogP contribution in [0, 0.1) is 0 Å². The van der Waals surface area contributed by atoms with Crippen molar-refractivity contribution in [3.63, 3.8) is 0 Å². The number of rotatable bonds is 6. The van der Waals surface area contributed by atoms with Crippen LogP contribution in [0.2, 0.25) is 5.15 Å². The number of anilines is 1. The van der Waals surface area contributed by atoms with Crippen LogP contribution in [0.1, 0.15) is 43.1 Å². The molecular formula is C16H16ClF2N3O. The van der Waals surface area contributed by atoms with Gasteiger partial charge in [0, 0.05) is 18.0 Å². The predicted molar refractivity (Wildman–Crippen MR) is 84.1 cm³/mol. The van der Waals surface area contributed by atoms with Crippen LogP contribution in [0.3, 0.4) is 0 Å². The van der Waals surface area contributed by atoms with E-state index in [-0.39, 0.29) is 11.8 Å². The molecule has 1 aromatic carbocycles. The van der Waals surface area contributed by atoms with E-state index in [2.05, 4.69) is 20.0 Å². The fourth-order valence-electron chi connectivity index (χ4n) is 2.28. The van der Waals surface area contributed by atoms with Gasteiger partial charge in [-0.1, -0.05) is 23.7 Å². The van der Waals surface area contributed by atoms with E-state index in [1.807, 2.05) is 6.92 Å². The summed E-state index contributed by atoms with van der Waals surface area (Å²) >= 11 is 6.04. The van der Waals surface area contributed by atoms with Crippen LogP contribution < -0.4 is 10.1 Å². The summed E-state index contributed by atoms with van der Waals surface area (Å²) in [5.41, 5.74) is 0.925. The molecule has 1 heterocycles. The third-order valence-corrected chi connectivity index (χ3v) is 3.82. The van der Waals surface area contributed by atoms with Gasteiger partial charge in [-0.2, -0.15) is 8.78 Å². The number of hydrogen-bond acceptors (Lipinski definition) is 4. The minimum atomic E-state index is -2.82. The quantitative estimate of drug-likeness (QED) is 0.769. The van der Waals surface area contributed by atoms with Crippen LogP contribution >= 0.6 is 11.6 Å². The maximum absolute atomic E-state index is 12.2. The van der Waals surface area contributed by atoms with Crippen molar-refractivity contribution in [1.29, 1.82) is 0 Å². The average molecular weight is 340 g/mol. The van der Waals surface area contributed by atoms with Crippen molar-refractivity contribution in [2.75, 3.05) is 5.32 Å². The van der Waals surface area contributed by atoms with Crippen LogP contribution in [0.25, 0.3) is 0 Å². The van der Waals surface area contributed by atoms with Gasteiger partial charge in [0.25, 0.3) is 0 Å². The smallest absolute Gasteiger partial charge is 0.387 e. The zero-order valence-electron chi connectivity index (χ0n) is 12.5. The first-order valence-corrected chi connectivity index (χ1v) is 7.75. The topological polar surface area (TPSA) is 47.0 Å². The molecule has 1 unspecified atom stereocenters. The summed E-state index contributed by atoms with van der Waals surface area (Å²) in [4.78, 5) is 8.73. The van der Waals surface area contributed by atoms with E-state index >= 15 is 0 Å². The third-order valence-electron chi connectivity index (χ3n) is 3.62. The molecule has 0 spiro atoms. The molecule has 0 aliphatic heterocycles. The highest BCUT2D eigenvalue weighted by Crippen LogP contribution is 2.39. The second kappa shape index (κ2) is 6.66. The normalized spacial score (nSPS) is 15.5. The molecule has 0 amide bonds. The zero-order valence-corrected chi connectivity index (χ0v) is 13.2. The lowest BCUT2D eigenvalue weighted by Gasteiger charge is -2.16. The predicted octanol–water partition coefficient (Wildman–Crippen LogP) is 4.78. The first-order valence-electron chi connectivity index (χ1n) is 7.37. The standard InChI is InChI=1S/C16H16ClF2N3O/c1-9(10-4-6-12(7-5-10)23-16(18)19)20-14-8-13(17)21-15(22-14)11-2-3-11/h4-9,11,16H,2-3H2,1H3,(H,20,21,22). The highest BCUT2D eigenvalue weighted by atomic mass is 35.5. The SMILES string of the molecule is CC(Nc1cc(Cl)nc(C2CC2)n1)c1ccc(OC(F)F)cc1.